The third-order valence-corrected chi connectivity index (χ3v) is 19.4. The molecular weight excluding hydrogens is 1080 g/mol. The maximum absolute atomic E-state index is 2.49. The van der Waals surface area contributed by atoms with E-state index in [9.17, 15) is 0 Å². The first-order valence-electron chi connectivity index (χ1n) is 30.2. The maximum atomic E-state index is 2.49. The molecule has 4 heteroatoms. The summed E-state index contributed by atoms with van der Waals surface area (Å²) in [5, 5.41) is 15.0. The molecule has 0 bridgehead atoms. The molecular formula is C84H53N3S. The second kappa shape index (κ2) is 20.2. The Kier molecular flexibility index (Phi) is 11.5. The lowest BCUT2D eigenvalue weighted by atomic mass is 9.94. The van der Waals surface area contributed by atoms with E-state index >= 15 is 0 Å². The van der Waals surface area contributed by atoms with Crippen molar-refractivity contribution in [3.63, 3.8) is 0 Å². The predicted octanol–water partition coefficient (Wildman–Crippen LogP) is 23.8. The molecule has 18 aromatic rings. The molecule has 3 heterocycles. The normalized spacial score (nSPS) is 11.9. The van der Waals surface area contributed by atoms with Gasteiger partial charge < -0.3 is 14.0 Å². The standard InChI is InChI=1S/C84H53N3S/c1-4-17-54(18-5-1)58-35-45-78-74(49-58)75-50-59(55-19-6-2-7-20-55)36-46-79(75)87(78)65-43-48-81-77(53-65)76-51-60(37-47-80(76)86(81)64-42-44-71-69-25-11-10-23-67(69)68-24-12-13-26-70(68)73(71)52-64)56-31-38-62(39-32-56)85(61-21-8-3-9-22-61)63-40-33-57(34-41-63)66-28-16-30-83-84(66)72-27-14-15-29-82(72)88-83/h1-53H. The van der Waals surface area contributed by atoms with Gasteiger partial charge in [-0.05, 0) is 192 Å². The van der Waals surface area contributed by atoms with Gasteiger partial charge in [0.1, 0.15) is 0 Å². The molecule has 0 aliphatic rings. The fourth-order valence-corrected chi connectivity index (χ4v) is 15.3. The molecule has 0 fully saturated rings. The van der Waals surface area contributed by atoms with Crippen LogP contribution in [0.15, 0.2) is 322 Å². The molecule has 3 aromatic heterocycles. The van der Waals surface area contributed by atoms with Crippen molar-refractivity contribution in [2.45, 2.75) is 0 Å². The lowest BCUT2D eigenvalue weighted by Crippen LogP contribution is -2.09. The molecule has 0 aliphatic carbocycles. The summed E-state index contributed by atoms with van der Waals surface area (Å²) in [6, 6.07) is 119. The Morgan fingerprint density at radius 3 is 1.11 bits per heavy atom. The number of fused-ring (bicyclic) bond motifs is 15. The third kappa shape index (κ3) is 8.04. The van der Waals surface area contributed by atoms with Crippen LogP contribution in [0.25, 0.3) is 152 Å². The zero-order chi connectivity index (χ0) is 57.8. The van der Waals surface area contributed by atoms with Crippen molar-refractivity contribution in [2.75, 3.05) is 4.90 Å². The summed E-state index contributed by atoms with van der Waals surface area (Å²) in [6.45, 7) is 0. The minimum Gasteiger partial charge on any atom is -0.311 e. The van der Waals surface area contributed by atoms with Gasteiger partial charge in [0.25, 0.3) is 0 Å². The summed E-state index contributed by atoms with van der Waals surface area (Å²) in [4.78, 5) is 2.36. The highest BCUT2D eigenvalue weighted by atomic mass is 32.1. The van der Waals surface area contributed by atoms with Crippen molar-refractivity contribution in [2.24, 2.45) is 0 Å². The van der Waals surface area contributed by atoms with Crippen LogP contribution in [0.3, 0.4) is 0 Å². The Balaban J connectivity index is 0.797. The van der Waals surface area contributed by atoms with Crippen LogP contribution in [-0.2, 0) is 0 Å². The SMILES string of the molecule is c1ccc(-c2ccc3c(c2)c2cc(-c4ccccc4)ccc2n3-c2ccc3c(c2)c2cc(-c4ccc(N(c5ccccc5)c5ccc(-c6cccc7sc8ccccc8c67)cc5)cc4)ccc2n3-c2ccc3c4ccccc4c4ccccc4c3c2)cc1. The zero-order valence-corrected chi connectivity index (χ0v) is 48.7. The van der Waals surface area contributed by atoms with Crippen LogP contribution >= 0.6 is 11.3 Å². The Bertz CT molecular complexity index is 5650. The summed E-state index contributed by atoms with van der Waals surface area (Å²) < 4.78 is 7.59. The Morgan fingerprint density at radius 2 is 0.580 bits per heavy atom. The van der Waals surface area contributed by atoms with Crippen molar-refractivity contribution < 1.29 is 0 Å². The van der Waals surface area contributed by atoms with E-state index in [-0.39, 0.29) is 0 Å². The van der Waals surface area contributed by atoms with Crippen molar-refractivity contribution in [3.8, 4) is 55.9 Å². The van der Waals surface area contributed by atoms with Gasteiger partial charge >= 0.3 is 0 Å². The van der Waals surface area contributed by atoms with Gasteiger partial charge in [0.05, 0.1) is 22.1 Å². The van der Waals surface area contributed by atoms with E-state index in [0.29, 0.717) is 0 Å². The average molecular weight is 1140 g/mol. The largest absolute Gasteiger partial charge is 0.311 e. The van der Waals surface area contributed by atoms with E-state index in [2.05, 4.69) is 336 Å². The zero-order valence-electron chi connectivity index (χ0n) is 47.8. The molecule has 0 N–H and O–H groups in total. The van der Waals surface area contributed by atoms with Crippen molar-refractivity contribution >= 4 is 125 Å². The van der Waals surface area contributed by atoms with Crippen molar-refractivity contribution in [3.05, 3.63) is 322 Å². The van der Waals surface area contributed by atoms with Crippen molar-refractivity contribution in [1.82, 2.24) is 9.13 Å². The number of benzene rings is 15. The van der Waals surface area contributed by atoms with Gasteiger partial charge in [0.2, 0.25) is 0 Å². The minimum atomic E-state index is 1.09. The van der Waals surface area contributed by atoms with Crippen LogP contribution in [0.4, 0.5) is 17.1 Å². The lowest BCUT2D eigenvalue weighted by Gasteiger charge is -2.26. The minimum absolute atomic E-state index is 1.09. The van der Waals surface area contributed by atoms with Gasteiger partial charge in [-0.15, -0.1) is 11.3 Å². The second-order valence-electron chi connectivity index (χ2n) is 23.2. The highest BCUT2D eigenvalue weighted by Crippen LogP contribution is 2.45. The van der Waals surface area contributed by atoms with Crippen LogP contribution in [0.1, 0.15) is 0 Å². The molecule has 18 rings (SSSR count). The first-order chi connectivity index (χ1) is 43.6. The van der Waals surface area contributed by atoms with E-state index in [4.69, 9.17) is 0 Å². The van der Waals surface area contributed by atoms with Crippen LogP contribution < -0.4 is 4.90 Å². The summed E-state index contributed by atoms with van der Waals surface area (Å²) in [6.07, 6.45) is 0. The molecule has 3 nitrogen and oxygen atoms in total. The van der Waals surface area contributed by atoms with Gasteiger partial charge in [-0.1, -0.05) is 206 Å². The van der Waals surface area contributed by atoms with Crippen LogP contribution in [0.2, 0.25) is 0 Å². The summed E-state index contributed by atoms with van der Waals surface area (Å²) in [7, 11) is 0. The van der Waals surface area contributed by atoms with Gasteiger partial charge in [0, 0.05) is 70.2 Å². The molecule has 15 aromatic carbocycles. The molecule has 0 radical (unpaired) electrons. The Hall–Kier alpha value is -11.3. The summed E-state index contributed by atoms with van der Waals surface area (Å²) >= 11 is 1.86. The van der Waals surface area contributed by atoms with Crippen molar-refractivity contribution in [1.29, 1.82) is 0 Å². The Morgan fingerprint density at radius 1 is 0.216 bits per heavy atom. The van der Waals surface area contributed by atoms with E-state index < -0.39 is 0 Å². The number of hydrogen-bond donors (Lipinski definition) is 0. The number of thiophene rings is 1. The number of rotatable bonds is 9. The highest BCUT2D eigenvalue weighted by molar-refractivity contribution is 7.26. The number of anilines is 3. The number of aromatic nitrogens is 2. The number of nitrogens with zero attached hydrogens (tertiary/aromatic N) is 3. The van der Waals surface area contributed by atoms with E-state index in [0.717, 1.165) is 50.6 Å². The molecule has 88 heavy (non-hydrogen) atoms. The topological polar surface area (TPSA) is 13.1 Å². The van der Waals surface area contributed by atoms with E-state index in [1.807, 2.05) is 11.3 Å². The van der Waals surface area contributed by atoms with Gasteiger partial charge in [-0.25, -0.2) is 0 Å². The molecule has 0 saturated carbocycles. The van der Waals surface area contributed by atoms with Crippen LogP contribution in [0, 0.1) is 0 Å². The molecule has 0 amide bonds. The lowest BCUT2D eigenvalue weighted by molar-refractivity contribution is 1.17. The van der Waals surface area contributed by atoms with Gasteiger partial charge in [-0.2, -0.15) is 0 Å². The fourth-order valence-electron chi connectivity index (χ4n) is 14.2. The third-order valence-electron chi connectivity index (χ3n) is 18.3. The van der Waals surface area contributed by atoms with Crippen LogP contribution in [-0.4, -0.2) is 9.13 Å². The average Bonchev–Trinajstić information content (AvgIpc) is 1.86. The summed E-state index contributed by atoms with van der Waals surface area (Å²) in [5.74, 6) is 0. The Labute approximate surface area is 512 Å². The van der Waals surface area contributed by atoms with E-state index in [1.54, 1.807) is 0 Å². The fraction of sp³-hybridized carbons (Fsp3) is 0. The number of hydrogen-bond acceptors (Lipinski definition) is 2. The van der Waals surface area contributed by atoms with Crippen LogP contribution in [0.5, 0.6) is 0 Å². The molecule has 0 spiro atoms. The monoisotopic (exact) mass is 1140 g/mol. The molecule has 410 valence electrons. The smallest absolute Gasteiger partial charge is 0.0542 e. The maximum Gasteiger partial charge on any atom is 0.0542 e. The first-order valence-corrected chi connectivity index (χ1v) is 31.0. The summed E-state index contributed by atoms with van der Waals surface area (Å²) in [5.41, 5.74) is 19.8. The molecule has 0 atom stereocenters. The van der Waals surface area contributed by atoms with Gasteiger partial charge in [-0.3, -0.25) is 0 Å². The molecule has 0 saturated heterocycles. The first kappa shape index (κ1) is 50.1. The predicted molar refractivity (Wildman–Crippen MR) is 377 cm³/mol. The van der Waals surface area contributed by atoms with Gasteiger partial charge in [0.15, 0.2) is 0 Å². The molecule has 0 aliphatic heterocycles. The van der Waals surface area contributed by atoms with E-state index in [1.165, 1.54) is 118 Å². The molecule has 0 unspecified atom stereocenters. The second-order valence-corrected chi connectivity index (χ2v) is 24.2. The highest BCUT2D eigenvalue weighted by Gasteiger charge is 2.21. The quantitative estimate of drug-likeness (QED) is 0.131. The number of para-hydroxylation sites is 1.